The molecule has 0 radical (unpaired) electrons. The number of hydrogen-bond acceptors (Lipinski definition) is 3. The Labute approximate surface area is 81.3 Å². The average molecular weight is 189 g/mol. The van der Waals surface area contributed by atoms with Crippen molar-refractivity contribution in [1.82, 2.24) is 0 Å². The Kier molecular flexibility index (Phi) is 8.40. The van der Waals surface area contributed by atoms with Gasteiger partial charge in [-0.1, -0.05) is 6.42 Å². The Bertz CT molecular complexity index is 107. The molecule has 0 bridgehead atoms. The molecule has 0 aromatic carbocycles. The highest BCUT2D eigenvalue weighted by Crippen LogP contribution is 2.09. The standard InChI is InChI=1S/C10H23NO2/c1-9(2)13-8-10(7-12)5-3-4-6-11/h9-10,12H,3-8,11H2,1-2H3. The van der Waals surface area contributed by atoms with E-state index in [1.807, 2.05) is 13.8 Å². The van der Waals surface area contributed by atoms with Crippen molar-refractivity contribution in [2.24, 2.45) is 11.7 Å². The maximum atomic E-state index is 9.03. The molecule has 3 N–H and O–H groups in total. The lowest BCUT2D eigenvalue weighted by atomic mass is 10.0. The molecule has 1 atom stereocenters. The Morgan fingerprint density at radius 2 is 2.00 bits per heavy atom. The van der Waals surface area contributed by atoms with E-state index < -0.39 is 0 Å². The molecule has 80 valence electrons. The highest BCUT2D eigenvalue weighted by atomic mass is 16.5. The quantitative estimate of drug-likeness (QED) is 0.563. The maximum Gasteiger partial charge on any atom is 0.0519 e. The van der Waals surface area contributed by atoms with Crippen LogP contribution in [-0.2, 0) is 4.74 Å². The van der Waals surface area contributed by atoms with Gasteiger partial charge in [-0.15, -0.1) is 0 Å². The van der Waals surface area contributed by atoms with Gasteiger partial charge < -0.3 is 15.6 Å². The van der Waals surface area contributed by atoms with Gasteiger partial charge in [0.05, 0.1) is 12.7 Å². The molecule has 0 saturated heterocycles. The number of aliphatic hydroxyl groups is 1. The first-order valence-electron chi connectivity index (χ1n) is 5.13. The van der Waals surface area contributed by atoms with Gasteiger partial charge in [0.2, 0.25) is 0 Å². The van der Waals surface area contributed by atoms with Crippen LogP contribution in [0.25, 0.3) is 0 Å². The van der Waals surface area contributed by atoms with Gasteiger partial charge in [-0.3, -0.25) is 0 Å². The summed E-state index contributed by atoms with van der Waals surface area (Å²) in [5, 5.41) is 9.03. The predicted octanol–water partition coefficient (Wildman–Crippen LogP) is 1.15. The van der Waals surface area contributed by atoms with E-state index in [9.17, 15) is 0 Å². The van der Waals surface area contributed by atoms with Crippen molar-refractivity contribution in [3.63, 3.8) is 0 Å². The topological polar surface area (TPSA) is 55.5 Å². The molecule has 3 nitrogen and oxygen atoms in total. The van der Waals surface area contributed by atoms with Crippen molar-refractivity contribution in [3.05, 3.63) is 0 Å². The van der Waals surface area contributed by atoms with E-state index in [4.69, 9.17) is 15.6 Å². The van der Waals surface area contributed by atoms with E-state index in [1.54, 1.807) is 0 Å². The fourth-order valence-corrected chi connectivity index (χ4v) is 1.13. The summed E-state index contributed by atoms with van der Waals surface area (Å²) >= 11 is 0. The van der Waals surface area contributed by atoms with Crippen LogP contribution >= 0.6 is 0 Å². The predicted molar refractivity (Wildman–Crippen MR) is 54.6 cm³/mol. The first-order valence-corrected chi connectivity index (χ1v) is 5.13. The molecule has 0 fully saturated rings. The number of aliphatic hydroxyl groups excluding tert-OH is 1. The molecule has 1 unspecified atom stereocenters. The molecule has 0 saturated carbocycles. The number of ether oxygens (including phenoxy) is 1. The molecule has 13 heavy (non-hydrogen) atoms. The molecule has 0 aliphatic rings. The molecule has 0 aromatic heterocycles. The second kappa shape index (κ2) is 8.48. The van der Waals surface area contributed by atoms with E-state index in [2.05, 4.69) is 0 Å². The summed E-state index contributed by atoms with van der Waals surface area (Å²) in [5.74, 6) is 0.286. The fourth-order valence-electron chi connectivity index (χ4n) is 1.13. The first kappa shape index (κ1) is 12.9. The lowest BCUT2D eigenvalue weighted by Gasteiger charge is -2.15. The highest BCUT2D eigenvalue weighted by molar-refractivity contribution is 4.57. The summed E-state index contributed by atoms with van der Waals surface area (Å²) in [4.78, 5) is 0. The molecule has 0 spiro atoms. The van der Waals surface area contributed by atoms with E-state index in [0.717, 1.165) is 25.8 Å². The first-order chi connectivity index (χ1) is 6.20. The summed E-state index contributed by atoms with van der Waals surface area (Å²) in [7, 11) is 0. The molecular weight excluding hydrogens is 166 g/mol. The summed E-state index contributed by atoms with van der Waals surface area (Å²) in [6, 6.07) is 0. The Morgan fingerprint density at radius 1 is 1.31 bits per heavy atom. The van der Waals surface area contributed by atoms with Gasteiger partial charge in [0, 0.05) is 12.5 Å². The largest absolute Gasteiger partial charge is 0.396 e. The van der Waals surface area contributed by atoms with Gasteiger partial charge in [-0.05, 0) is 33.2 Å². The smallest absolute Gasteiger partial charge is 0.0519 e. The molecule has 0 aliphatic heterocycles. The van der Waals surface area contributed by atoms with E-state index in [1.165, 1.54) is 0 Å². The lowest BCUT2D eigenvalue weighted by molar-refractivity contribution is 0.0308. The second-order valence-corrected chi connectivity index (χ2v) is 3.72. The molecular formula is C10H23NO2. The van der Waals surface area contributed by atoms with Gasteiger partial charge in [0.25, 0.3) is 0 Å². The zero-order chi connectivity index (χ0) is 10.1. The van der Waals surface area contributed by atoms with Crippen LogP contribution in [0.3, 0.4) is 0 Å². The van der Waals surface area contributed by atoms with Crippen LogP contribution in [0.15, 0.2) is 0 Å². The summed E-state index contributed by atoms with van der Waals surface area (Å²) in [6.45, 7) is 5.64. The van der Waals surface area contributed by atoms with E-state index in [0.29, 0.717) is 6.61 Å². The minimum atomic E-state index is 0.220. The minimum absolute atomic E-state index is 0.220. The zero-order valence-electron chi connectivity index (χ0n) is 8.83. The van der Waals surface area contributed by atoms with Crippen molar-refractivity contribution in [3.8, 4) is 0 Å². The highest BCUT2D eigenvalue weighted by Gasteiger charge is 2.07. The summed E-state index contributed by atoms with van der Waals surface area (Å²) < 4.78 is 5.43. The van der Waals surface area contributed by atoms with Crippen molar-refractivity contribution in [2.75, 3.05) is 19.8 Å². The number of nitrogens with two attached hydrogens (primary N) is 1. The fraction of sp³-hybridized carbons (Fsp3) is 1.00. The summed E-state index contributed by atoms with van der Waals surface area (Å²) in [5.41, 5.74) is 5.38. The van der Waals surface area contributed by atoms with Crippen LogP contribution in [0.4, 0.5) is 0 Å². The van der Waals surface area contributed by atoms with Crippen molar-refractivity contribution < 1.29 is 9.84 Å². The zero-order valence-corrected chi connectivity index (χ0v) is 8.83. The Hall–Kier alpha value is -0.120. The van der Waals surface area contributed by atoms with Gasteiger partial charge in [-0.2, -0.15) is 0 Å². The lowest BCUT2D eigenvalue weighted by Crippen LogP contribution is -2.17. The molecule has 0 heterocycles. The van der Waals surface area contributed by atoms with Gasteiger partial charge in [-0.25, -0.2) is 0 Å². The number of hydrogen-bond donors (Lipinski definition) is 2. The van der Waals surface area contributed by atoms with Crippen LogP contribution in [0.5, 0.6) is 0 Å². The third-order valence-corrected chi connectivity index (χ3v) is 1.99. The molecule has 0 rings (SSSR count). The molecule has 0 aromatic rings. The van der Waals surface area contributed by atoms with Gasteiger partial charge in [0.1, 0.15) is 0 Å². The molecule has 3 heteroatoms. The van der Waals surface area contributed by atoms with Crippen LogP contribution in [0, 0.1) is 5.92 Å². The molecule has 0 aliphatic carbocycles. The SMILES string of the molecule is CC(C)OCC(CO)CCCCN. The number of rotatable bonds is 8. The Morgan fingerprint density at radius 3 is 2.46 bits per heavy atom. The normalized spacial score (nSPS) is 13.6. The van der Waals surface area contributed by atoms with Crippen LogP contribution in [0.1, 0.15) is 33.1 Å². The van der Waals surface area contributed by atoms with Crippen molar-refractivity contribution in [2.45, 2.75) is 39.2 Å². The monoisotopic (exact) mass is 189 g/mol. The van der Waals surface area contributed by atoms with Crippen LogP contribution < -0.4 is 5.73 Å². The van der Waals surface area contributed by atoms with E-state index >= 15 is 0 Å². The maximum absolute atomic E-state index is 9.03. The van der Waals surface area contributed by atoms with Crippen LogP contribution in [-0.4, -0.2) is 31.0 Å². The van der Waals surface area contributed by atoms with Gasteiger partial charge >= 0.3 is 0 Å². The third kappa shape index (κ3) is 8.22. The van der Waals surface area contributed by atoms with Crippen LogP contribution in [0.2, 0.25) is 0 Å². The second-order valence-electron chi connectivity index (χ2n) is 3.72. The summed E-state index contributed by atoms with van der Waals surface area (Å²) in [6.07, 6.45) is 3.39. The van der Waals surface area contributed by atoms with E-state index in [-0.39, 0.29) is 18.6 Å². The van der Waals surface area contributed by atoms with Crippen molar-refractivity contribution in [1.29, 1.82) is 0 Å². The van der Waals surface area contributed by atoms with Gasteiger partial charge in [0.15, 0.2) is 0 Å². The number of unbranched alkanes of at least 4 members (excludes halogenated alkanes) is 1. The average Bonchev–Trinajstić information content (AvgIpc) is 2.10. The third-order valence-electron chi connectivity index (χ3n) is 1.99. The molecule has 0 amide bonds. The minimum Gasteiger partial charge on any atom is -0.396 e. The Balaban J connectivity index is 3.39. The van der Waals surface area contributed by atoms with Crippen molar-refractivity contribution >= 4 is 0 Å².